The van der Waals surface area contributed by atoms with Gasteiger partial charge in [0, 0.05) is 12.0 Å². The fourth-order valence-corrected chi connectivity index (χ4v) is 1.82. The average Bonchev–Trinajstić information content (AvgIpc) is 2.19. The lowest BCUT2D eigenvalue weighted by Gasteiger charge is -2.27. The van der Waals surface area contributed by atoms with Gasteiger partial charge in [-0.15, -0.1) is 0 Å². The third-order valence-electron chi connectivity index (χ3n) is 2.51. The zero-order chi connectivity index (χ0) is 9.10. The van der Waals surface area contributed by atoms with Gasteiger partial charge in [0.05, 0.1) is 13.2 Å². The average molecular weight is 177 g/mol. The molecular formula is C11H15NO. The SMILES string of the molecule is N[C@H]1COC[C@@H](c2ccccc2)C1. The van der Waals surface area contributed by atoms with E-state index in [2.05, 4.69) is 24.3 Å². The van der Waals surface area contributed by atoms with Gasteiger partial charge in [0.25, 0.3) is 0 Å². The molecular weight excluding hydrogens is 162 g/mol. The predicted octanol–water partition coefficient (Wildman–Crippen LogP) is 1.52. The molecule has 0 bridgehead atoms. The second-order valence-electron chi connectivity index (χ2n) is 3.64. The van der Waals surface area contributed by atoms with Gasteiger partial charge in [-0.3, -0.25) is 0 Å². The monoisotopic (exact) mass is 177 g/mol. The van der Waals surface area contributed by atoms with E-state index in [0.717, 1.165) is 13.0 Å². The van der Waals surface area contributed by atoms with Crippen LogP contribution in [-0.2, 0) is 4.74 Å². The predicted molar refractivity (Wildman–Crippen MR) is 52.6 cm³/mol. The van der Waals surface area contributed by atoms with Crippen LogP contribution in [0.1, 0.15) is 17.9 Å². The molecule has 2 N–H and O–H groups in total. The molecule has 13 heavy (non-hydrogen) atoms. The summed E-state index contributed by atoms with van der Waals surface area (Å²) in [5.74, 6) is 0.491. The Labute approximate surface area is 78.7 Å². The normalized spacial score (nSPS) is 28.7. The Kier molecular flexibility index (Phi) is 2.62. The van der Waals surface area contributed by atoms with Crippen molar-refractivity contribution in [3.05, 3.63) is 35.9 Å². The number of ether oxygens (including phenoxy) is 1. The molecule has 0 saturated carbocycles. The Balaban J connectivity index is 2.08. The fraction of sp³-hybridized carbons (Fsp3) is 0.455. The minimum absolute atomic E-state index is 0.207. The van der Waals surface area contributed by atoms with E-state index in [1.165, 1.54) is 5.56 Å². The Bertz CT molecular complexity index is 260. The van der Waals surface area contributed by atoms with Crippen molar-refractivity contribution in [2.45, 2.75) is 18.4 Å². The van der Waals surface area contributed by atoms with Gasteiger partial charge < -0.3 is 10.5 Å². The van der Waals surface area contributed by atoms with E-state index in [0.29, 0.717) is 12.5 Å². The summed E-state index contributed by atoms with van der Waals surface area (Å²) in [6.07, 6.45) is 1.05. The van der Waals surface area contributed by atoms with Crippen LogP contribution in [0.25, 0.3) is 0 Å². The molecule has 1 aromatic rings. The third kappa shape index (κ3) is 2.08. The zero-order valence-electron chi connectivity index (χ0n) is 7.65. The molecule has 0 radical (unpaired) electrons. The lowest BCUT2D eigenvalue weighted by Crippen LogP contribution is -2.34. The molecule has 2 heteroatoms. The van der Waals surface area contributed by atoms with Crippen LogP contribution >= 0.6 is 0 Å². The van der Waals surface area contributed by atoms with Gasteiger partial charge in [0.15, 0.2) is 0 Å². The van der Waals surface area contributed by atoms with Gasteiger partial charge in [-0.2, -0.15) is 0 Å². The van der Waals surface area contributed by atoms with E-state index >= 15 is 0 Å². The van der Waals surface area contributed by atoms with Crippen LogP contribution in [0.2, 0.25) is 0 Å². The summed E-state index contributed by atoms with van der Waals surface area (Å²) < 4.78 is 5.42. The van der Waals surface area contributed by atoms with Crippen LogP contribution in [-0.4, -0.2) is 19.3 Å². The van der Waals surface area contributed by atoms with Crippen LogP contribution in [0.4, 0.5) is 0 Å². The molecule has 0 amide bonds. The van der Waals surface area contributed by atoms with Gasteiger partial charge in [-0.25, -0.2) is 0 Å². The van der Waals surface area contributed by atoms with Crippen molar-refractivity contribution in [3.63, 3.8) is 0 Å². The maximum Gasteiger partial charge on any atom is 0.0618 e. The third-order valence-corrected chi connectivity index (χ3v) is 2.51. The van der Waals surface area contributed by atoms with Gasteiger partial charge in [-0.1, -0.05) is 30.3 Å². The van der Waals surface area contributed by atoms with Crippen molar-refractivity contribution in [1.82, 2.24) is 0 Å². The first-order valence-electron chi connectivity index (χ1n) is 4.74. The first kappa shape index (κ1) is 8.73. The maximum atomic E-state index is 5.84. The van der Waals surface area contributed by atoms with E-state index < -0.39 is 0 Å². The molecule has 1 saturated heterocycles. The first-order chi connectivity index (χ1) is 6.36. The fourth-order valence-electron chi connectivity index (χ4n) is 1.82. The Morgan fingerprint density at radius 2 is 1.92 bits per heavy atom. The van der Waals surface area contributed by atoms with Crippen molar-refractivity contribution in [2.75, 3.05) is 13.2 Å². The Hall–Kier alpha value is -0.860. The standard InChI is InChI=1S/C11H15NO/c12-11-6-10(7-13-8-11)9-4-2-1-3-5-9/h1-5,10-11H,6-8,12H2/t10-,11+/m0/s1. The zero-order valence-corrected chi connectivity index (χ0v) is 7.65. The van der Waals surface area contributed by atoms with Crippen LogP contribution in [0.5, 0.6) is 0 Å². The molecule has 2 nitrogen and oxygen atoms in total. The van der Waals surface area contributed by atoms with Crippen LogP contribution in [0, 0.1) is 0 Å². The summed E-state index contributed by atoms with van der Waals surface area (Å²) >= 11 is 0. The highest BCUT2D eigenvalue weighted by Gasteiger charge is 2.20. The number of rotatable bonds is 1. The highest BCUT2D eigenvalue weighted by atomic mass is 16.5. The molecule has 1 heterocycles. The van der Waals surface area contributed by atoms with E-state index in [1.807, 2.05) is 6.07 Å². The van der Waals surface area contributed by atoms with Crippen LogP contribution < -0.4 is 5.73 Å². The molecule has 1 fully saturated rings. The number of nitrogens with two attached hydrogens (primary N) is 1. The van der Waals surface area contributed by atoms with Crippen molar-refractivity contribution >= 4 is 0 Å². The quantitative estimate of drug-likeness (QED) is 0.705. The largest absolute Gasteiger partial charge is 0.379 e. The Morgan fingerprint density at radius 3 is 2.62 bits per heavy atom. The van der Waals surface area contributed by atoms with E-state index in [9.17, 15) is 0 Å². The Morgan fingerprint density at radius 1 is 1.15 bits per heavy atom. The van der Waals surface area contributed by atoms with Crippen LogP contribution in [0.3, 0.4) is 0 Å². The summed E-state index contributed by atoms with van der Waals surface area (Å²) in [5.41, 5.74) is 7.18. The molecule has 0 spiro atoms. The van der Waals surface area contributed by atoms with Crippen molar-refractivity contribution in [3.8, 4) is 0 Å². The van der Waals surface area contributed by atoms with Crippen molar-refractivity contribution < 1.29 is 4.74 Å². The second-order valence-corrected chi connectivity index (χ2v) is 3.64. The lowest BCUT2D eigenvalue weighted by molar-refractivity contribution is 0.0661. The molecule has 0 aromatic heterocycles. The summed E-state index contributed by atoms with van der Waals surface area (Å²) in [5, 5.41) is 0. The molecule has 70 valence electrons. The summed E-state index contributed by atoms with van der Waals surface area (Å²) in [6.45, 7) is 1.53. The first-order valence-corrected chi connectivity index (χ1v) is 4.74. The minimum Gasteiger partial charge on any atom is -0.379 e. The van der Waals surface area contributed by atoms with Crippen molar-refractivity contribution in [1.29, 1.82) is 0 Å². The van der Waals surface area contributed by atoms with E-state index in [1.54, 1.807) is 0 Å². The lowest BCUT2D eigenvalue weighted by atomic mass is 9.92. The van der Waals surface area contributed by atoms with E-state index in [4.69, 9.17) is 10.5 Å². The maximum absolute atomic E-state index is 5.84. The highest BCUT2D eigenvalue weighted by Crippen LogP contribution is 2.24. The topological polar surface area (TPSA) is 35.2 Å². The van der Waals surface area contributed by atoms with Gasteiger partial charge in [0.1, 0.15) is 0 Å². The minimum atomic E-state index is 0.207. The van der Waals surface area contributed by atoms with Gasteiger partial charge in [-0.05, 0) is 12.0 Å². The van der Waals surface area contributed by atoms with Crippen LogP contribution in [0.15, 0.2) is 30.3 Å². The molecule has 2 atom stereocenters. The van der Waals surface area contributed by atoms with Crippen molar-refractivity contribution in [2.24, 2.45) is 5.73 Å². The summed E-state index contributed by atoms with van der Waals surface area (Å²) in [4.78, 5) is 0. The highest BCUT2D eigenvalue weighted by molar-refractivity contribution is 5.20. The summed E-state index contributed by atoms with van der Waals surface area (Å²) in [7, 11) is 0. The smallest absolute Gasteiger partial charge is 0.0618 e. The number of hydrogen-bond donors (Lipinski definition) is 1. The molecule has 1 aliphatic heterocycles. The molecule has 0 unspecified atom stereocenters. The van der Waals surface area contributed by atoms with E-state index in [-0.39, 0.29) is 6.04 Å². The molecule has 1 aromatic carbocycles. The molecule has 1 aliphatic rings. The number of hydrogen-bond acceptors (Lipinski definition) is 2. The van der Waals surface area contributed by atoms with Gasteiger partial charge >= 0.3 is 0 Å². The molecule has 0 aliphatic carbocycles. The van der Waals surface area contributed by atoms with Gasteiger partial charge in [0.2, 0.25) is 0 Å². The number of benzene rings is 1. The molecule has 2 rings (SSSR count). The summed E-state index contributed by atoms with van der Waals surface area (Å²) in [6, 6.07) is 10.7. The second kappa shape index (κ2) is 3.90.